The summed E-state index contributed by atoms with van der Waals surface area (Å²) in [7, 11) is 1.46. The molecule has 1 heterocycles. The third-order valence-electron chi connectivity index (χ3n) is 6.09. The number of fused-ring (bicyclic) bond motifs is 1. The van der Waals surface area contributed by atoms with Gasteiger partial charge in [0.1, 0.15) is 12.4 Å². The number of carbonyl (C=O) groups is 1. The third-order valence-corrected chi connectivity index (χ3v) is 6.09. The molecule has 34 heavy (non-hydrogen) atoms. The molecular formula is C29H39NO4. The molecule has 0 unspecified atom stereocenters. The van der Waals surface area contributed by atoms with E-state index in [9.17, 15) is 4.79 Å². The predicted octanol–water partition coefficient (Wildman–Crippen LogP) is 6.51. The van der Waals surface area contributed by atoms with Crippen LogP contribution in [0.15, 0.2) is 48.0 Å². The van der Waals surface area contributed by atoms with Gasteiger partial charge in [-0.25, -0.2) is 4.79 Å². The molecule has 2 aromatic carbocycles. The van der Waals surface area contributed by atoms with E-state index < -0.39 is 0 Å². The first kappa shape index (κ1) is 25.8. The zero-order chi connectivity index (χ0) is 24.2. The van der Waals surface area contributed by atoms with E-state index in [1.165, 1.54) is 12.8 Å². The fraction of sp³-hybridized carbons (Fsp3) is 0.483. The van der Waals surface area contributed by atoms with Crippen LogP contribution in [0.2, 0.25) is 0 Å². The van der Waals surface area contributed by atoms with Gasteiger partial charge in [-0.2, -0.15) is 0 Å². The maximum Gasteiger partial charge on any atom is 0.333 e. The number of hydrogen-bond acceptors (Lipinski definition) is 5. The van der Waals surface area contributed by atoms with E-state index in [0.29, 0.717) is 13.2 Å². The summed E-state index contributed by atoms with van der Waals surface area (Å²) in [4.78, 5) is 14.8. The van der Waals surface area contributed by atoms with E-state index in [1.54, 1.807) is 0 Å². The maximum atomic E-state index is 12.4. The number of anilines is 1. The second-order valence-electron chi connectivity index (χ2n) is 8.72. The highest BCUT2D eigenvalue weighted by Crippen LogP contribution is 2.32. The summed E-state index contributed by atoms with van der Waals surface area (Å²) in [6, 6.07) is 14.7. The molecule has 0 aliphatic carbocycles. The van der Waals surface area contributed by atoms with E-state index in [4.69, 9.17) is 14.2 Å². The number of rotatable bonds is 11. The van der Waals surface area contributed by atoms with E-state index in [-0.39, 0.29) is 5.97 Å². The van der Waals surface area contributed by atoms with Gasteiger partial charge in [0, 0.05) is 31.0 Å². The molecule has 0 saturated heterocycles. The van der Waals surface area contributed by atoms with Crippen LogP contribution in [0.25, 0.3) is 17.2 Å². The van der Waals surface area contributed by atoms with Crippen molar-refractivity contribution in [3.05, 3.63) is 53.6 Å². The van der Waals surface area contributed by atoms with Gasteiger partial charge in [0.05, 0.1) is 13.7 Å². The van der Waals surface area contributed by atoms with Gasteiger partial charge < -0.3 is 19.1 Å². The van der Waals surface area contributed by atoms with Gasteiger partial charge in [0.2, 0.25) is 0 Å². The standard InChI is InChI=1S/C29H39NO4/c1-4-6-18-33-19-20-34-27-13-10-23(11-14-27)24-12-15-28-26(21-24)22-25(29(31)32-3)9-7-8-17-30(28)16-5-2/h10-15,21-22H,4-9,16-20H2,1-3H3/b25-22+. The average molecular weight is 466 g/mol. The summed E-state index contributed by atoms with van der Waals surface area (Å²) in [6.07, 6.45) is 8.11. The molecule has 0 spiro atoms. The largest absolute Gasteiger partial charge is 0.491 e. The van der Waals surface area contributed by atoms with Crippen LogP contribution in [-0.2, 0) is 14.3 Å². The summed E-state index contributed by atoms with van der Waals surface area (Å²) in [5, 5.41) is 0. The van der Waals surface area contributed by atoms with Gasteiger partial charge in [-0.1, -0.05) is 38.5 Å². The van der Waals surface area contributed by atoms with Crippen molar-refractivity contribution in [2.75, 3.05) is 44.9 Å². The topological polar surface area (TPSA) is 48.0 Å². The van der Waals surface area contributed by atoms with Crippen molar-refractivity contribution < 1.29 is 19.0 Å². The van der Waals surface area contributed by atoms with Crippen molar-refractivity contribution in [2.45, 2.75) is 52.4 Å². The molecule has 0 fully saturated rings. The molecule has 0 atom stereocenters. The normalized spacial score (nSPS) is 15.4. The van der Waals surface area contributed by atoms with E-state index in [1.807, 2.05) is 18.2 Å². The lowest BCUT2D eigenvalue weighted by atomic mass is 9.99. The molecular weight excluding hydrogens is 426 g/mol. The number of ether oxygens (including phenoxy) is 3. The first-order valence-corrected chi connectivity index (χ1v) is 12.6. The Morgan fingerprint density at radius 2 is 1.74 bits per heavy atom. The third kappa shape index (κ3) is 7.36. The second-order valence-corrected chi connectivity index (χ2v) is 8.72. The lowest BCUT2D eigenvalue weighted by Crippen LogP contribution is -2.25. The summed E-state index contributed by atoms with van der Waals surface area (Å²) < 4.78 is 16.4. The zero-order valence-corrected chi connectivity index (χ0v) is 21.0. The van der Waals surface area contributed by atoms with Crippen LogP contribution >= 0.6 is 0 Å². The molecule has 184 valence electrons. The number of carbonyl (C=O) groups excluding carboxylic acids is 1. The Morgan fingerprint density at radius 3 is 2.47 bits per heavy atom. The number of nitrogens with zero attached hydrogens (tertiary/aromatic N) is 1. The number of methoxy groups -OCH3 is 1. The molecule has 1 aliphatic heterocycles. The van der Waals surface area contributed by atoms with Crippen molar-refractivity contribution in [3.63, 3.8) is 0 Å². The Labute approximate surface area is 204 Å². The van der Waals surface area contributed by atoms with Crippen LogP contribution in [0.1, 0.15) is 57.9 Å². The fourth-order valence-corrected chi connectivity index (χ4v) is 4.24. The minimum absolute atomic E-state index is 0.236. The van der Waals surface area contributed by atoms with Crippen LogP contribution in [0.4, 0.5) is 5.69 Å². The molecule has 0 aromatic heterocycles. The van der Waals surface area contributed by atoms with Crippen LogP contribution in [0.3, 0.4) is 0 Å². The van der Waals surface area contributed by atoms with Gasteiger partial charge >= 0.3 is 5.97 Å². The molecule has 1 aliphatic rings. The maximum absolute atomic E-state index is 12.4. The Balaban J connectivity index is 1.80. The number of hydrogen-bond donors (Lipinski definition) is 0. The van der Waals surface area contributed by atoms with E-state index in [0.717, 1.165) is 86.2 Å². The number of benzene rings is 2. The van der Waals surface area contributed by atoms with E-state index in [2.05, 4.69) is 49.1 Å². The summed E-state index contributed by atoms with van der Waals surface area (Å²) in [5.41, 5.74) is 5.22. The molecule has 0 saturated carbocycles. The van der Waals surface area contributed by atoms with Crippen molar-refractivity contribution in [1.82, 2.24) is 0 Å². The molecule has 0 N–H and O–H groups in total. The zero-order valence-electron chi connectivity index (χ0n) is 21.0. The lowest BCUT2D eigenvalue weighted by molar-refractivity contribution is -0.136. The SMILES string of the molecule is CCCCOCCOc1ccc(-c2ccc3c(c2)/C=C(/C(=O)OC)CCCCN3CCC)cc1. The van der Waals surface area contributed by atoms with Crippen LogP contribution in [0, 0.1) is 0 Å². The Bertz CT molecular complexity index is 936. The number of unbranched alkanes of at least 4 members (excludes halogenated alkanes) is 1. The van der Waals surface area contributed by atoms with Crippen LogP contribution in [0.5, 0.6) is 5.75 Å². The first-order chi connectivity index (χ1) is 16.7. The van der Waals surface area contributed by atoms with E-state index >= 15 is 0 Å². The van der Waals surface area contributed by atoms with Crippen molar-refractivity contribution in [1.29, 1.82) is 0 Å². The predicted molar refractivity (Wildman–Crippen MR) is 139 cm³/mol. The van der Waals surface area contributed by atoms with Crippen molar-refractivity contribution in [2.24, 2.45) is 0 Å². The van der Waals surface area contributed by atoms with Crippen LogP contribution < -0.4 is 9.64 Å². The molecule has 0 bridgehead atoms. The molecule has 0 amide bonds. The molecule has 0 radical (unpaired) electrons. The minimum Gasteiger partial charge on any atom is -0.491 e. The van der Waals surface area contributed by atoms with Crippen molar-refractivity contribution in [3.8, 4) is 16.9 Å². The molecule has 5 nitrogen and oxygen atoms in total. The second kappa shape index (κ2) is 13.8. The quantitative estimate of drug-likeness (QED) is 0.280. The van der Waals surface area contributed by atoms with Gasteiger partial charge in [-0.15, -0.1) is 0 Å². The summed E-state index contributed by atoms with van der Waals surface area (Å²) >= 11 is 0. The highest BCUT2D eigenvalue weighted by atomic mass is 16.5. The van der Waals surface area contributed by atoms with Gasteiger partial charge in [-0.05, 0) is 79.1 Å². The molecule has 3 rings (SSSR count). The number of esters is 1. The first-order valence-electron chi connectivity index (χ1n) is 12.6. The highest BCUT2D eigenvalue weighted by Gasteiger charge is 2.17. The average Bonchev–Trinajstić information content (AvgIpc) is 2.95. The Hall–Kier alpha value is -2.79. The molecule has 2 aromatic rings. The fourth-order valence-electron chi connectivity index (χ4n) is 4.24. The lowest BCUT2D eigenvalue weighted by Gasteiger charge is -2.26. The van der Waals surface area contributed by atoms with Gasteiger partial charge in [-0.3, -0.25) is 0 Å². The van der Waals surface area contributed by atoms with Crippen molar-refractivity contribution >= 4 is 17.7 Å². The summed E-state index contributed by atoms with van der Waals surface area (Å²) in [5.74, 6) is 0.605. The molecule has 5 heteroatoms. The minimum atomic E-state index is -0.236. The summed E-state index contributed by atoms with van der Waals surface area (Å²) in [6.45, 7) is 8.31. The Kier molecular flexibility index (Phi) is 10.5. The van der Waals surface area contributed by atoms with Gasteiger partial charge in [0.15, 0.2) is 0 Å². The highest BCUT2D eigenvalue weighted by molar-refractivity contribution is 5.95. The van der Waals surface area contributed by atoms with Crippen LogP contribution in [-0.4, -0.2) is 46.0 Å². The van der Waals surface area contributed by atoms with Gasteiger partial charge in [0.25, 0.3) is 0 Å². The smallest absolute Gasteiger partial charge is 0.333 e. The monoisotopic (exact) mass is 465 g/mol. The Morgan fingerprint density at radius 1 is 0.941 bits per heavy atom.